The Kier molecular flexibility index (Phi) is 2.69. The van der Waals surface area contributed by atoms with E-state index in [4.69, 9.17) is 5.73 Å². The minimum Gasteiger partial charge on any atom is -0.399 e. The molecule has 1 aromatic carbocycles. The number of hydrogen-bond acceptors (Lipinski definition) is 2. The normalized spacial score (nSPS) is 11.0. The summed E-state index contributed by atoms with van der Waals surface area (Å²) in [5.41, 5.74) is 10.1. The molecule has 84 valence electrons. The second-order valence-corrected chi connectivity index (χ2v) is 4.33. The highest BCUT2D eigenvalue weighted by atomic mass is 15.3. The number of nitrogen functional groups attached to an aromatic ring is 1. The van der Waals surface area contributed by atoms with Gasteiger partial charge in [-0.2, -0.15) is 5.10 Å². The summed E-state index contributed by atoms with van der Waals surface area (Å²) in [5, 5.41) is 4.33. The zero-order chi connectivity index (χ0) is 11.7. The first-order chi connectivity index (χ1) is 7.59. The summed E-state index contributed by atoms with van der Waals surface area (Å²) in [6, 6.07) is 8.49. The molecule has 0 fully saturated rings. The van der Waals surface area contributed by atoms with E-state index in [1.807, 2.05) is 36.0 Å². The van der Waals surface area contributed by atoms with Gasteiger partial charge in [-0.1, -0.05) is 6.07 Å². The van der Waals surface area contributed by atoms with Gasteiger partial charge in [0.2, 0.25) is 0 Å². The van der Waals surface area contributed by atoms with Crippen LogP contribution >= 0.6 is 0 Å². The molecule has 0 aliphatic rings. The van der Waals surface area contributed by atoms with Gasteiger partial charge in [0.25, 0.3) is 0 Å². The minimum absolute atomic E-state index is 0.364. The van der Waals surface area contributed by atoms with Crippen LogP contribution in [0.5, 0.6) is 0 Å². The minimum atomic E-state index is 0.364. The maximum Gasteiger partial charge on any atom is 0.0685 e. The summed E-state index contributed by atoms with van der Waals surface area (Å²) in [5.74, 6) is 0. The van der Waals surface area contributed by atoms with Gasteiger partial charge in [-0.25, -0.2) is 0 Å². The largest absolute Gasteiger partial charge is 0.399 e. The number of aryl methyl sites for hydroxylation is 1. The Labute approximate surface area is 95.9 Å². The van der Waals surface area contributed by atoms with Crippen molar-refractivity contribution in [3.05, 3.63) is 36.0 Å². The highest BCUT2D eigenvalue weighted by Crippen LogP contribution is 2.24. The van der Waals surface area contributed by atoms with E-state index in [2.05, 4.69) is 25.0 Å². The van der Waals surface area contributed by atoms with Gasteiger partial charge in [-0.15, -0.1) is 0 Å². The fourth-order valence-corrected chi connectivity index (χ4v) is 1.79. The molecule has 2 rings (SSSR count). The Balaban J connectivity index is 2.50. The van der Waals surface area contributed by atoms with Crippen LogP contribution in [-0.4, -0.2) is 9.78 Å². The molecule has 0 amide bonds. The molecule has 0 atom stereocenters. The predicted molar refractivity (Wildman–Crippen MR) is 67.2 cm³/mol. The SMILES string of the molecule is Cc1cc(-c2ccnn2C(C)C)ccc1N. The van der Waals surface area contributed by atoms with Crippen molar-refractivity contribution >= 4 is 5.69 Å². The van der Waals surface area contributed by atoms with Crippen LogP contribution in [0.2, 0.25) is 0 Å². The summed E-state index contributed by atoms with van der Waals surface area (Å²) in [6.07, 6.45) is 1.83. The molecule has 0 aliphatic heterocycles. The fraction of sp³-hybridized carbons (Fsp3) is 0.308. The van der Waals surface area contributed by atoms with Crippen molar-refractivity contribution in [2.75, 3.05) is 5.73 Å². The molecule has 2 aromatic rings. The molecule has 0 saturated heterocycles. The van der Waals surface area contributed by atoms with Gasteiger partial charge in [0.1, 0.15) is 0 Å². The number of hydrogen-bond donors (Lipinski definition) is 1. The van der Waals surface area contributed by atoms with Crippen molar-refractivity contribution < 1.29 is 0 Å². The van der Waals surface area contributed by atoms with E-state index in [1.54, 1.807) is 0 Å². The van der Waals surface area contributed by atoms with Crippen LogP contribution in [0.1, 0.15) is 25.5 Å². The molecule has 0 bridgehead atoms. The molecule has 3 heteroatoms. The van der Waals surface area contributed by atoms with Crippen molar-refractivity contribution in [3.63, 3.8) is 0 Å². The molecular weight excluding hydrogens is 198 g/mol. The van der Waals surface area contributed by atoms with E-state index in [0.717, 1.165) is 22.5 Å². The molecule has 1 aromatic heterocycles. The second-order valence-electron chi connectivity index (χ2n) is 4.33. The lowest BCUT2D eigenvalue weighted by Crippen LogP contribution is -2.04. The summed E-state index contributed by atoms with van der Waals surface area (Å²) >= 11 is 0. The monoisotopic (exact) mass is 215 g/mol. The highest BCUT2D eigenvalue weighted by molar-refractivity contribution is 5.64. The summed E-state index contributed by atoms with van der Waals surface area (Å²) in [4.78, 5) is 0. The Hall–Kier alpha value is -1.77. The zero-order valence-electron chi connectivity index (χ0n) is 9.94. The second kappa shape index (κ2) is 4.00. The lowest BCUT2D eigenvalue weighted by atomic mass is 10.1. The maximum absolute atomic E-state index is 5.82. The standard InChI is InChI=1S/C13H17N3/c1-9(2)16-13(6-7-15-16)11-4-5-12(14)10(3)8-11/h4-9H,14H2,1-3H3. The van der Waals surface area contributed by atoms with Crippen LogP contribution in [0.3, 0.4) is 0 Å². The third kappa shape index (κ3) is 1.81. The van der Waals surface area contributed by atoms with Crippen LogP contribution in [-0.2, 0) is 0 Å². The Morgan fingerprint density at radius 1 is 1.25 bits per heavy atom. The molecule has 3 nitrogen and oxygen atoms in total. The Morgan fingerprint density at radius 3 is 2.62 bits per heavy atom. The van der Waals surface area contributed by atoms with Crippen molar-refractivity contribution in [2.45, 2.75) is 26.8 Å². The lowest BCUT2D eigenvalue weighted by molar-refractivity contribution is 0.538. The first kappa shape index (κ1) is 10.7. The third-order valence-electron chi connectivity index (χ3n) is 2.72. The van der Waals surface area contributed by atoms with Gasteiger partial charge in [0.05, 0.1) is 5.69 Å². The van der Waals surface area contributed by atoms with Crippen LogP contribution in [0.25, 0.3) is 11.3 Å². The topological polar surface area (TPSA) is 43.8 Å². The third-order valence-corrected chi connectivity index (χ3v) is 2.72. The van der Waals surface area contributed by atoms with E-state index in [0.29, 0.717) is 6.04 Å². The first-order valence-electron chi connectivity index (χ1n) is 5.49. The summed E-state index contributed by atoms with van der Waals surface area (Å²) in [6.45, 7) is 6.27. The van der Waals surface area contributed by atoms with Crippen LogP contribution in [0.15, 0.2) is 30.5 Å². The number of benzene rings is 1. The number of aromatic nitrogens is 2. The van der Waals surface area contributed by atoms with Crippen LogP contribution in [0.4, 0.5) is 5.69 Å². The number of nitrogens with two attached hydrogens (primary N) is 1. The molecule has 0 spiro atoms. The van der Waals surface area contributed by atoms with E-state index < -0.39 is 0 Å². The zero-order valence-corrected chi connectivity index (χ0v) is 9.94. The first-order valence-corrected chi connectivity index (χ1v) is 5.49. The average molecular weight is 215 g/mol. The van der Waals surface area contributed by atoms with Gasteiger partial charge in [-0.05, 0) is 44.5 Å². The van der Waals surface area contributed by atoms with Crippen LogP contribution < -0.4 is 5.73 Å². The average Bonchev–Trinajstić information content (AvgIpc) is 2.71. The van der Waals surface area contributed by atoms with Gasteiger partial charge < -0.3 is 5.73 Å². The van der Waals surface area contributed by atoms with E-state index in [1.165, 1.54) is 0 Å². The van der Waals surface area contributed by atoms with Gasteiger partial charge >= 0.3 is 0 Å². The molecule has 0 unspecified atom stereocenters. The fourth-order valence-electron chi connectivity index (χ4n) is 1.79. The maximum atomic E-state index is 5.82. The van der Waals surface area contributed by atoms with Gasteiger partial charge in [-0.3, -0.25) is 4.68 Å². The van der Waals surface area contributed by atoms with E-state index in [-0.39, 0.29) is 0 Å². The Morgan fingerprint density at radius 2 is 2.00 bits per heavy atom. The van der Waals surface area contributed by atoms with Gasteiger partial charge in [0, 0.05) is 23.5 Å². The van der Waals surface area contributed by atoms with Gasteiger partial charge in [0.15, 0.2) is 0 Å². The van der Waals surface area contributed by atoms with Crippen molar-refractivity contribution in [3.8, 4) is 11.3 Å². The predicted octanol–water partition coefficient (Wildman–Crippen LogP) is 3.02. The molecule has 16 heavy (non-hydrogen) atoms. The number of anilines is 1. The smallest absolute Gasteiger partial charge is 0.0685 e. The summed E-state index contributed by atoms with van der Waals surface area (Å²) < 4.78 is 2.02. The number of rotatable bonds is 2. The van der Waals surface area contributed by atoms with E-state index in [9.17, 15) is 0 Å². The molecule has 0 aliphatic carbocycles. The van der Waals surface area contributed by atoms with E-state index >= 15 is 0 Å². The summed E-state index contributed by atoms with van der Waals surface area (Å²) in [7, 11) is 0. The molecule has 2 N–H and O–H groups in total. The molecule has 0 radical (unpaired) electrons. The van der Waals surface area contributed by atoms with Crippen molar-refractivity contribution in [1.29, 1.82) is 0 Å². The lowest BCUT2D eigenvalue weighted by Gasteiger charge is -2.12. The molecule has 1 heterocycles. The molecule has 0 saturated carbocycles. The van der Waals surface area contributed by atoms with Crippen LogP contribution in [0, 0.1) is 6.92 Å². The highest BCUT2D eigenvalue weighted by Gasteiger charge is 2.08. The quantitative estimate of drug-likeness (QED) is 0.782. The molecular formula is C13H17N3. The van der Waals surface area contributed by atoms with Crippen molar-refractivity contribution in [2.24, 2.45) is 0 Å². The Bertz CT molecular complexity index is 498. The van der Waals surface area contributed by atoms with Crippen molar-refractivity contribution in [1.82, 2.24) is 9.78 Å². The number of nitrogens with zero attached hydrogens (tertiary/aromatic N) is 2.